The van der Waals surface area contributed by atoms with E-state index in [1.807, 2.05) is 0 Å². The molecule has 4 heteroatoms. The van der Waals surface area contributed by atoms with Crippen LogP contribution in [0, 0.1) is 0 Å². The third-order valence-corrected chi connectivity index (χ3v) is 1.08. The molecule has 4 nitrogen and oxygen atoms in total. The van der Waals surface area contributed by atoms with Gasteiger partial charge < -0.3 is 5.32 Å². The number of carbonyl (C=O) groups excluding carboxylic acids is 3. The van der Waals surface area contributed by atoms with Crippen LogP contribution < -0.4 is 5.32 Å². The van der Waals surface area contributed by atoms with Crippen LogP contribution in [0.25, 0.3) is 0 Å². The van der Waals surface area contributed by atoms with Crippen LogP contribution in [0.3, 0.4) is 0 Å². The Kier molecular flexibility index (Phi) is 4.10. The standard InChI is InChI=1S/C7H11NO3/c1-5(9)3-4-8-7(11)6(2)10/h3-4H2,1-2H3,(H,8,11). The van der Waals surface area contributed by atoms with Crippen molar-refractivity contribution in [3.63, 3.8) is 0 Å². The highest BCUT2D eigenvalue weighted by atomic mass is 16.2. The molecule has 1 amide bonds. The van der Waals surface area contributed by atoms with Gasteiger partial charge in [0.15, 0.2) is 0 Å². The Morgan fingerprint density at radius 1 is 1.18 bits per heavy atom. The largest absolute Gasteiger partial charge is 0.349 e. The number of hydrogen-bond donors (Lipinski definition) is 1. The molecular formula is C7H11NO3. The molecule has 0 rings (SSSR count). The molecular weight excluding hydrogens is 146 g/mol. The zero-order valence-corrected chi connectivity index (χ0v) is 6.64. The SMILES string of the molecule is CC(=O)CCNC(=O)C(C)=O. The van der Waals surface area contributed by atoms with Crippen LogP contribution in [0.5, 0.6) is 0 Å². The maximum Gasteiger partial charge on any atom is 0.287 e. The van der Waals surface area contributed by atoms with E-state index in [1.54, 1.807) is 0 Å². The number of Topliss-reactive ketones (excluding diaryl/α,β-unsaturated/α-hetero) is 2. The van der Waals surface area contributed by atoms with Crippen LogP contribution in [-0.2, 0) is 14.4 Å². The summed E-state index contributed by atoms with van der Waals surface area (Å²) in [6, 6.07) is 0. The second kappa shape index (κ2) is 4.60. The Balaban J connectivity index is 3.47. The predicted molar refractivity (Wildman–Crippen MR) is 39.0 cm³/mol. The molecule has 0 aromatic rings. The van der Waals surface area contributed by atoms with Crippen molar-refractivity contribution in [2.45, 2.75) is 20.3 Å². The monoisotopic (exact) mass is 157 g/mol. The van der Waals surface area contributed by atoms with Crippen LogP contribution in [0.4, 0.5) is 0 Å². The van der Waals surface area contributed by atoms with E-state index in [2.05, 4.69) is 5.32 Å². The minimum atomic E-state index is -0.633. The molecule has 0 saturated carbocycles. The summed E-state index contributed by atoms with van der Waals surface area (Å²) in [6.45, 7) is 2.86. The number of rotatable bonds is 4. The fourth-order valence-electron chi connectivity index (χ4n) is 0.477. The van der Waals surface area contributed by atoms with E-state index < -0.39 is 11.7 Å². The Morgan fingerprint density at radius 3 is 2.09 bits per heavy atom. The fourth-order valence-corrected chi connectivity index (χ4v) is 0.477. The highest BCUT2D eigenvalue weighted by Gasteiger charge is 2.05. The van der Waals surface area contributed by atoms with Crippen molar-refractivity contribution < 1.29 is 14.4 Å². The molecule has 0 unspecified atom stereocenters. The van der Waals surface area contributed by atoms with Gasteiger partial charge in [0, 0.05) is 19.9 Å². The van der Waals surface area contributed by atoms with Gasteiger partial charge in [-0.05, 0) is 6.92 Å². The second-order valence-electron chi connectivity index (χ2n) is 2.26. The van der Waals surface area contributed by atoms with Gasteiger partial charge in [-0.25, -0.2) is 0 Å². The summed E-state index contributed by atoms with van der Waals surface area (Å²) in [5.74, 6) is -1.17. The van der Waals surface area contributed by atoms with E-state index in [1.165, 1.54) is 13.8 Å². The smallest absolute Gasteiger partial charge is 0.287 e. The molecule has 0 atom stereocenters. The van der Waals surface area contributed by atoms with Crippen LogP contribution >= 0.6 is 0 Å². The molecule has 0 heterocycles. The minimum absolute atomic E-state index is 0.00569. The number of carbonyl (C=O) groups is 3. The predicted octanol–water partition coefficient (Wildman–Crippen LogP) is -0.329. The van der Waals surface area contributed by atoms with E-state index in [-0.39, 0.29) is 18.7 Å². The molecule has 62 valence electrons. The average molecular weight is 157 g/mol. The van der Waals surface area contributed by atoms with Gasteiger partial charge >= 0.3 is 0 Å². The normalized spacial score (nSPS) is 8.91. The van der Waals surface area contributed by atoms with Gasteiger partial charge in [-0.15, -0.1) is 0 Å². The highest BCUT2D eigenvalue weighted by molar-refractivity contribution is 6.35. The Labute approximate surface area is 65.0 Å². The lowest BCUT2D eigenvalue weighted by Crippen LogP contribution is -2.30. The highest BCUT2D eigenvalue weighted by Crippen LogP contribution is 1.78. The zero-order chi connectivity index (χ0) is 8.85. The Hall–Kier alpha value is -1.19. The summed E-state index contributed by atoms with van der Waals surface area (Å²) in [7, 11) is 0. The van der Waals surface area contributed by atoms with Crippen molar-refractivity contribution in [2.24, 2.45) is 0 Å². The summed E-state index contributed by atoms with van der Waals surface area (Å²) in [5, 5.41) is 2.30. The molecule has 0 aromatic carbocycles. The molecule has 0 spiro atoms. The van der Waals surface area contributed by atoms with Crippen molar-refractivity contribution in [1.82, 2.24) is 5.32 Å². The van der Waals surface area contributed by atoms with Crippen molar-refractivity contribution >= 4 is 17.5 Å². The Bertz CT molecular complexity index is 186. The first-order chi connectivity index (χ1) is 5.04. The van der Waals surface area contributed by atoms with Crippen molar-refractivity contribution in [3.8, 4) is 0 Å². The number of hydrogen-bond acceptors (Lipinski definition) is 3. The summed E-state index contributed by atoms with van der Waals surface area (Å²) in [4.78, 5) is 31.2. The van der Waals surface area contributed by atoms with Crippen molar-refractivity contribution in [2.75, 3.05) is 6.54 Å². The molecule has 11 heavy (non-hydrogen) atoms. The third kappa shape index (κ3) is 5.26. The van der Waals surface area contributed by atoms with Gasteiger partial charge in [0.2, 0.25) is 5.78 Å². The van der Waals surface area contributed by atoms with Gasteiger partial charge in [-0.1, -0.05) is 0 Å². The molecule has 0 aliphatic rings. The van der Waals surface area contributed by atoms with E-state index in [9.17, 15) is 14.4 Å². The second-order valence-corrected chi connectivity index (χ2v) is 2.26. The topological polar surface area (TPSA) is 63.2 Å². The van der Waals surface area contributed by atoms with Crippen LogP contribution in [0.15, 0.2) is 0 Å². The summed E-state index contributed by atoms with van der Waals surface area (Å²) >= 11 is 0. The summed E-state index contributed by atoms with van der Waals surface area (Å²) < 4.78 is 0. The van der Waals surface area contributed by atoms with Gasteiger partial charge in [0.1, 0.15) is 5.78 Å². The first kappa shape index (κ1) is 9.81. The van der Waals surface area contributed by atoms with E-state index in [0.29, 0.717) is 0 Å². The van der Waals surface area contributed by atoms with Gasteiger partial charge in [-0.3, -0.25) is 14.4 Å². The maximum atomic E-state index is 10.6. The lowest BCUT2D eigenvalue weighted by Gasteiger charge is -1.98. The first-order valence-electron chi connectivity index (χ1n) is 3.32. The molecule has 0 saturated heterocycles. The van der Waals surface area contributed by atoms with Gasteiger partial charge in [0.25, 0.3) is 5.91 Å². The van der Waals surface area contributed by atoms with Crippen molar-refractivity contribution in [1.29, 1.82) is 0 Å². The fraction of sp³-hybridized carbons (Fsp3) is 0.571. The Morgan fingerprint density at radius 2 is 1.73 bits per heavy atom. The van der Waals surface area contributed by atoms with Crippen LogP contribution in [0.1, 0.15) is 20.3 Å². The summed E-state index contributed by atoms with van der Waals surface area (Å²) in [6.07, 6.45) is 0.277. The van der Waals surface area contributed by atoms with Crippen LogP contribution in [-0.4, -0.2) is 24.0 Å². The number of nitrogens with one attached hydrogen (secondary N) is 1. The molecule has 0 fully saturated rings. The van der Waals surface area contributed by atoms with Crippen LogP contribution in [0.2, 0.25) is 0 Å². The molecule has 1 N–H and O–H groups in total. The first-order valence-corrected chi connectivity index (χ1v) is 3.32. The molecule has 0 aliphatic heterocycles. The average Bonchev–Trinajstić information content (AvgIpc) is 1.86. The lowest BCUT2D eigenvalue weighted by atomic mass is 10.3. The van der Waals surface area contributed by atoms with Gasteiger partial charge in [0.05, 0.1) is 0 Å². The number of ketones is 2. The molecule has 0 aromatic heterocycles. The third-order valence-electron chi connectivity index (χ3n) is 1.08. The van der Waals surface area contributed by atoms with E-state index >= 15 is 0 Å². The van der Waals surface area contributed by atoms with Gasteiger partial charge in [-0.2, -0.15) is 0 Å². The van der Waals surface area contributed by atoms with E-state index in [0.717, 1.165) is 0 Å². The molecule has 0 aliphatic carbocycles. The quantitative estimate of drug-likeness (QED) is 0.568. The summed E-state index contributed by atoms with van der Waals surface area (Å²) in [5.41, 5.74) is 0. The number of amides is 1. The van der Waals surface area contributed by atoms with E-state index in [4.69, 9.17) is 0 Å². The molecule has 0 bridgehead atoms. The zero-order valence-electron chi connectivity index (χ0n) is 6.64. The lowest BCUT2D eigenvalue weighted by molar-refractivity contribution is -0.136. The maximum absolute atomic E-state index is 10.6. The molecule has 0 radical (unpaired) electrons. The van der Waals surface area contributed by atoms with Crippen molar-refractivity contribution in [3.05, 3.63) is 0 Å². The minimum Gasteiger partial charge on any atom is -0.349 e.